The number of ether oxygens (including phenoxy) is 1. The molecule has 2 aromatic carbocycles. The van der Waals surface area contributed by atoms with E-state index in [1.54, 1.807) is 24.3 Å². The molecule has 0 aliphatic heterocycles. The summed E-state index contributed by atoms with van der Waals surface area (Å²) >= 11 is 0. The van der Waals surface area contributed by atoms with Crippen LogP contribution in [0.1, 0.15) is 6.92 Å². The zero-order valence-electron chi connectivity index (χ0n) is 10.0. The molecule has 0 aliphatic carbocycles. The zero-order chi connectivity index (χ0) is 13.1. The number of benzene rings is 2. The number of para-hydroxylation sites is 1. The van der Waals surface area contributed by atoms with Crippen LogP contribution in [0.2, 0.25) is 0 Å². The lowest BCUT2D eigenvalue weighted by Crippen LogP contribution is -2.04. The van der Waals surface area contributed by atoms with Gasteiger partial charge in [-0.2, -0.15) is 0 Å². The van der Waals surface area contributed by atoms with Crippen LogP contribution >= 0.6 is 0 Å². The van der Waals surface area contributed by atoms with Crippen molar-refractivity contribution >= 4 is 17.3 Å². The fourth-order valence-corrected chi connectivity index (χ4v) is 1.70. The largest absolute Gasteiger partial charge is 0.424 e. The molecule has 4 N–H and O–H groups in total. The van der Waals surface area contributed by atoms with Gasteiger partial charge in [0.25, 0.3) is 0 Å². The van der Waals surface area contributed by atoms with Gasteiger partial charge in [0.05, 0.1) is 5.69 Å². The van der Waals surface area contributed by atoms with Crippen LogP contribution in [-0.4, -0.2) is 5.97 Å². The summed E-state index contributed by atoms with van der Waals surface area (Å²) in [5.41, 5.74) is 14.5. The Bertz CT molecular complexity index is 577. The summed E-state index contributed by atoms with van der Waals surface area (Å²) < 4.78 is 5.04. The molecule has 0 saturated heterocycles. The van der Waals surface area contributed by atoms with Crippen molar-refractivity contribution in [3.8, 4) is 16.9 Å². The monoisotopic (exact) mass is 242 g/mol. The van der Waals surface area contributed by atoms with Gasteiger partial charge in [0.2, 0.25) is 0 Å². The Morgan fingerprint density at radius 1 is 1.06 bits per heavy atom. The minimum absolute atomic E-state index is 0.372. The summed E-state index contributed by atoms with van der Waals surface area (Å²) in [7, 11) is 0. The lowest BCUT2D eigenvalue weighted by Gasteiger charge is -2.10. The molecule has 92 valence electrons. The van der Waals surface area contributed by atoms with Crippen LogP contribution < -0.4 is 16.2 Å². The lowest BCUT2D eigenvalue weighted by molar-refractivity contribution is -0.131. The van der Waals surface area contributed by atoms with E-state index in [-0.39, 0.29) is 0 Å². The highest BCUT2D eigenvalue weighted by atomic mass is 16.5. The second-order valence-corrected chi connectivity index (χ2v) is 3.93. The number of hydrogen-bond acceptors (Lipinski definition) is 4. The normalized spacial score (nSPS) is 10.1. The smallest absolute Gasteiger partial charge is 0.308 e. The minimum Gasteiger partial charge on any atom is -0.424 e. The molecule has 0 saturated carbocycles. The fourth-order valence-electron chi connectivity index (χ4n) is 1.70. The Morgan fingerprint density at radius 2 is 1.72 bits per heavy atom. The number of anilines is 2. The summed E-state index contributed by atoms with van der Waals surface area (Å²) in [6.07, 6.45) is 0. The van der Waals surface area contributed by atoms with E-state index in [9.17, 15) is 4.79 Å². The van der Waals surface area contributed by atoms with E-state index in [2.05, 4.69) is 0 Å². The summed E-state index contributed by atoms with van der Waals surface area (Å²) in [6, 6.07) is 12.7. The third-order valence-electron chi connectivity index (χ3n) is 2.54. The standard InChI is InChI=1S/C14H14N2O2/c1-9(17)18-13-4-2-3-12(14(13)16)10-5-7-11(15)8-6-10/h2-8H,15-16H2,1H3. The first kappa shape index (κ1) is 12.0. The number of rotatable bonds is 2. The number of nitrogen functional groups attached to an aromatic ring is 2. The van der Waals surface area contributed by atoms with Gasteiger partial charge in [-0.15, -0.1) is 0 Å². The molecule has 4 nitrogen and oxygen atoms in total. The zero-order valence-corrected chi connectivity index (χ0v) is 10.0. The quantitative estimate of drug-likeness (QED) is 0.481. The van der Waals surface area contributed by atoms with Gasteiger partial charge in [-0.1, -0.05) is 24.3 Å². The van der Waals surface area contributed by atoms with Crippen molar-refractivity contribution < 1.29 is 9.53 Å². The van der Waals surface area contributed by atoms with Crippen LogP contribution in [0.3, 0.4) is 0 Å². The fraction of sp³-hybridized carbons (Fsp3) is 0.0714. The van der Waals surface area contributed by atoms with Gasteiger partial charge in [0, 0.05) is 18.2 Å². The molecule has 0 spiro atoms. The van der Waals surface area contributed by atoms with Crippen molar-refractivity contribution in [1.29, 1.82) is 0 Å². The summed E-state index contributed by atoms with van der Waals surface area (Å²) in [4.78, 5) is 11.0. The van der Waals surface area contributed by atoms with Crippen molar-refractivity contribution in [3.63, 3.8) is 0 Å². The molecule has 2 aromatic rings. The number of carbonyl (C=O) groups excluding carboxylic acids is 1. The van der Waals surface area contributed by atoms with Crippen LogP contribution in [0.5, 0.6) is 5.75 Å². The number of carbonyl (C=O) groups is 1. The number of nitrogens with two attached hydrogens (primary N) is 2. The Labute approximate surface area is 105 Å². The SMILES string of the molecule is CC(=O)Oc1cccc(-c2ccc(N)cc2)c1N. The predicted octanol–water partition coefficient (Wildman–Crippen LogP) is 2.44. The molecule has 4 heteroatoms. The van der Waals surface area contributed by atoms with Crippen molar-refractivity contribution in [2.75, 3.05) is 11.5 Å². The van der Waals surface area contributed by atoms with Crippen LogP contribution in [0.15, 0.2) is 42.5 Å². The predicted molar refractivity (Wildman–Crippen MR) is 72.0 cm³/mol. The van der Waals surface area contributed by atoms with E-state index in [0.29, 0.717) is 17.1 Å². The molecule has 0 fully saturated rings. The highest BCUT2D eigenvalue weighted by Gasteiger charge is 2.09. The molecule has 0 amide bonds. The van der Waals surface area contributed by atoms with Crippen LogP contribution in [0.4, 0.5) is 11.4 Å². The molecule has 0 aliphatic rings. The molecular formula is C14H14N2O2. The topological polar surface area (TPSA) is 78.3 Å². The molecule has 0 atom stereocenters. The Kier molecular flexibility index (Phi) is 3.19. The van der Waals surface area contributed by atoms with Gasteiger partial charge in [-0.25, -0.2) is 0 Å². The highest BCUT2D eigenvalue weighted by Crippen LogP contribution is 2.33. The third-order valence-corrected chi connectivity index (χ3v) is 2.54. The second-order valence-electron chi connectivity index (χ2n) is 3.93. The summed E-state index contributed by atoms with van der Waals surface area (Å²) in [5.74, 6) is -0.0204. The average molecular weight is 242 g/mol. The molecule has 0 aromatic heterocycles. The van der Waals surface area contributed by atoms with Crippen molar-refractivity contribution in [2.45, 2.75) is 6.92 Å². The lowest BCUT2D eigenvalue weighted by atomic mass is 10.0. The first-order chi connectivity index (χ1) is 8.58. The van der Waals surface area contributed by atoms with E-state index >= 15 is 0 Å². The molecule has 2 rings (SSSR count). The minimum atomic E-state index is -0.392. The Hall–Kier alpha value is -2.49. The van der Waals surface area contributed by atoms with Gasteiger partial charge in [0.1, 0.15) is 0 Å². The number of hydrogen-bond donors (Lipinski definition) is 2. The van der Waals surface area contributed by atoms with Gasteiger partial charge in [-0.05, 0) is 23.8 Å². The maximum Gasteiger partial charge on any atom is 0.308 e. The maximum absolute atomic E-state index is 11.0. The molecule has 0 radical (unpaired) electrons. The van der Waals surface area contributed by atoms with Gasteiger partial charge >= 0.3 is 5.97 Å². The first-order valence-corrected chi connectivity index (χ1v) is 5.51. The number of esters is 1. The summed E-state index contributed by atoms with van der Waals surface area (Å²) in [5, 5.41) is 0. The summed E-state index contributed by atoms with van der Waals surface area (Å²) in [6.45, 7) is 1.34. The maximum atomic E-state index is 11.0. The van der Waals surface area contributed by atoms with E-state index in [1.165, 1.54) is 6.92 Å². The second kappa shape index (κ2) is 4.79. The van der Waals surface area contributed by atoms with Gasteiger partial charge in [0.15, 0.2) is 5.75 Å². The van der Waals surface area contributed by atoms with E-state index in [4.69, 9.17) is 16.2 Å². The molecular weight excluding hydrogens is 228 g/mol. The highest BCUT2D eigenvalue weighted by molar-refractivity contribution is 5.83. The van der Waals surface area contributed by atoms with E-state index < -0.39 is 5.97 Å². The van der Waals surface area contributed by atoms with Crippen LogP contribution in [-0.2, 0) is 4.79 Å². The van der Waals surface area contributed by atoms with Crippen LogP contribution in [0, 0.1) is 0 Å². The van der Waals surface area contributed by atoms with Gasteiger partial charge < -0.3 is 16.2 Å². The Morgan fingerprint density at radius 3 is 2.33 bits per heavy atom. The molecule has 0 unspecified atom stereocenters. The molecule has 0 bridgehead atoms. The van der Waals surface area contributed by atoms with Crippen molar-refractivity contribution in [3.05, 3.63) is 42.5 Å². The average Bonchev–Trinajstić information content (AvgIpc) is 2.33. The molecule has 18 heavy (non-hydrogen) atoms. The van der Waals surface area contributed by atoms with E-state index in [0.717, 1.165) is 11.1 Å². The van der Waals surface area contributed by atoms with Crippen molar-refractivity contribution in [1.82, 2.24) is 0 Å². The van der Waals surface area contributed by atoms with Crippen molar-refractivity contribution in [2.24, 2.45) is 0 Å². The van der Waals surface area contributed by atoms with Gasteiger partial charge in [-0.3, -0.25) is 4.79 Å². The first-order valence-electron chi connectivity index (χ1n) is 5.51. The Balaban J connectivity index is 2.45. The third kappa shape index (κ3) is 2.43. The molecule has 0 heterocycles. The van der Waals surface area contributed by atoms with E-state index in [1.807, 2.05) is 18.2 Å². The van der Waals surface area contributed by atoms with Crippen LogP contribution in [0.25, 0.3) is 11.1 Å².